The van der Waals surface area contributed by atoms with Crippen molar-refractivity contribution in [1.29, 1.82) is 0 Å². The van der Waals surface area contributed by atoms with Gasteiger partial charge in [0.05, 0.1) is 6.04 Å². The van der Waals surface area contributed by atoms with E-state index in [0.29, 0.717) is 25.8 Å². The monoisotopic (exact) mass is 281 g/mol. The van der Waals surface area contributed by atoms with Gasteiger partial charge < -0.3 is 21.9 Å². The van der Waals surface area contributed by atoms with E-state index in [2.05, 4.69) is 5.32 Å². The van der Waals surface area contributed by atoms with Gasteiger partial charge in [0.1, 0.15) is 6.04 Å². The second kappa shape index (κ2) is 10.1. The number of nitrogens with one attached hydrogen (secondary N) is 1. The second-order valence-electron chi connectivity index (χ2n) is 4.50. The lowest BCUT2D eigenvalue weighted by Crippen LogP contribution is -2.44. The summed E-state index contributed by atoms with van der Waals surface area (Å²) in [7, 11) is 0. The number of carboxylic acids is 1. The van der Waals surface area contributed by atoms with Crippen molar-refractivity contribution in [3.05, 3.63) is 0 Å². The highest BCUT2D eigenvalue weighted by Crippen LogP contribution is 2.00. The smallest absolute Gasteiger partial charge is 0.320 e. The summed E-state index contributed by atoms with van der Waals surface area (Å²) in [5.41, 5.74) is 11.0. The van der Waals surface area contributed by atoms with Crippen molar-refractivity contribution in [2.75, 3.05) is 6.54 Å². The fourth-order valence-electron chi connectivity index (χ4n) is 1.24. The molecular formula is C11H24ClN3O3. The van der Waals surface area contributed by atoms with Crippen LogP contribution in [-0.2, 0) is 9.59 Å². The van der Waals surface area contributed by atoms with Crippen LogP contribution in [0.15, 0.2) is 0 Å². The first kappa shape index (κ1) is 19.5. The molecule has 0 aliphatic heterocycles. The van der Waals surface area contributed by atoms with Crippen LogP contribution in [0.1, 0.15) is 33.1 Å². The zero-order chi connectivity index (χ0) is 13.4. The van der Waals surface area contributed by atoms with Crippen LogP contribution in [0, 0.1) is 5.92 Å². The minimum atomic E-state index is -0.990. The third-order valence-corrected chi connectivity index (χ3v) is 2.58. The molecule has 0 saturated heterocycles. The van der Waals surface area contributed by atoms with Gasteiger partial charge in [0.2, 0.25) is 5.91 Å². The van der Waals surface area contributed by atoms with Crippen LogP contribution in [0.25, 0.3) is 0 Å². The lowest BCUT2D eigenvalue weighted by atomic mass is 10.0. The molecule has 0 spiro atoms. The van der Waals surface area contributed by atoms with Crippen LogP contribution >= 0.6 is 12.4 Å². The van der Waals surface area contributed by atoms with E-state index in [1.165, 1.54) is 0 Å². The van der Waals surface area contributed by atoms with Crippen LogP contribution in [0.2, 0.25) is 0 Å². The van der Waals surface area contributed by atoms with Gasteiger partial charge in [-0.05, 0) is 25.2 Å². The number of aliphatic carboxylic acids is 1. The molecule has 2 unspecified atom stereocenters. The molecule has 0 aliphatic rings. The van der Waals surface area contributed by atoms with E-state index >= 15 is 0 Å². The summed E-state index contributed by atoms with van der Waals surface area (Å²) >= 11 is 0. The Hall–Kier alpha value is -0.850. The Balaban J connectivity index is 0. The Morgan fingerprint density at radius 1 is 1.22 bits per heavy atom. The minimum absolute atomic E-state index is 0. The van der Waals surface area contributed by atoms with E-state index in [0.717, 1.165) is 0 Å². The molecule has 0 radical (unpaired) electrons. The largest absolute Gasteiger partial charge is 0.480 e. The molecule has 0 aromatic rings. The zero-order valence-corrected chi connectivity index (χ0v) is 11.7. The molecule has 6 nitrogen and oxygen atoms in total. The average molecular weight is 282 g/mol. The Morgan fingerprint density at radius 3 is 2.22 bits per heavy atom. The summed E-state index contributed by atoms with van der Waals surface area (Å²) in [6.07, 6.45) is 1.80. The van der Waals surface area contributed by atoms with Crippen molar-refractivity contribution in [3.8, 4) is 0 Å². The Labute approximate surface area is 114 Å². The molecular weight excluding hydrogens is 258 g/mol. The first-order chi connectivity index (χ1) is 7.86. The van der Waals surface area contributed by atoms with Crippen LogP contribution in [-0.4, -0.2) is 35.6 Å². The van der Waals surface area contributed by atoms with E-state index < -0.39 is 18.1 Å². The summed E-state index contributed by atoms with van der Waals surface area (Å²) < 4.78 is 0. The van der Waals surface area contributed by atoms with Gasteiger partial charge in [-0.25, -0.2) is 0 Å². The number of unbranched alkanes of at least 4 members (excludes halogenated alkanes) is 1. The molecule has 0 aromatic heterocycles. The summed E-state index contributed by atoms with van der Waals surface area (Å²) in [4.78, 5) is 21.9. The molecule has 0 bridgehead atoms. The van der Waals surface area contributed by atoms with Crippen LogP contribution in [0.5, 0.6) is 0 Å². The maximum atomic E-state index is 11.4. The van der Waals surface area contributed by atoms with Crippen LogP contribution in [0.4, 0.5) is 0 Å². The molecule has 108 valence electrons. The number of carboxylic acid groups (broad SMARTS) is 1. The molecule has 2 atom stereocenters. The normalized spacial score (nSPS) is 13.6. The third-order valence-electron chi connectivity index (χ3n) is 2.58. The number of halogens is 1. The van der Waals surface area contributed by atoms with Gasteiger partial charge in [-0.15, -0.1) is 12.4 Å². The fraction of sp³-hybridized carbons (Fsp3) is 0.818. The van der Waals surface area contributed by atoms with Gasteiger partial charge in [0.15, 0.2) is 0 Å². The first-order valence-electron chi connectivity index (χ1n) is 5.88. The summed E-state index contributed by atoms with van der Waals surface area (Å²) in [6.45, 7) is 4.28. The predicted octanol–water partition coefficient (Wildman–Crippen LogP) is 0.0899. The van der Waals surface area contributed by atoms with E-state index in [1.807, 2.05) is 13.8 Å². The molecule has 0 aromatic carbocycles. The average Bonchev–Trinajstić information content (AvgIpc) is 2.26. The number of carbonyl (C=O) groups excluding carboxylic acids is 1. The Morgan fingerprint density at radius 2 is 1.78 bits per heavy atom. The maximum Gasteiger partial charge on any atom is 0.320 e. The molecule has 1 amide bonds. The summed E-state index contributed by atoms with van der Waals surface area (Å²) in [5.74, 6) is -1.05. The van der Waals surface area contributed by atoms with Crippen molar-refractivity contribution < 1.29 is 14.7 Å². The molecule has 0 fully saturated rings. The summed E-state index contributed by atoms with van der Waals surface area (Å²) in [6, 6.07) is -1.31. The van der Waals surface area contributed by atoms with Gasteiger partial charge in [0.25, 0.3) is 0 Å². The Bertz CT molecular complexity index is 262. The maximum absolute atomic E-state index is 11.4. The minimum Gasteiger partial charge on any atom is -0.480 e. The first-order valence-corrected chi connectivity index (χ1v) is 5.88. The number of amides is 1. The topological polar surface area (TPSA) is 118 Å². The molecule has 18 heavy (non-hydrogen) atoms. The molecule has 6 N–H and O–H groups in total. The number of carbonyl (C=O) groups is 2. The Kier molecular flexibility index (Phi) is 10.9. The van der Waals surface area contributed by atoms with E-state index in [1.54, 1.807) is 0 Å². The number of nitrogens with two attached hydrogens (primary N) is 2. The third kappa shape index (κ3) is 8.27. The van der Waals surface area contributed by atoms with E-state index in [9.17, 15) is 9.59 Å². The van der Waals surface area contributed by atoms with E-state index in [-0.39, 0.29) is 24.2 Å². The van der Waals surface area contributed by atoms with Crippen molar-refractivity contribution in [2.45, 2.75) is 45.2 Å². The van der Waals surface area contributed by atoms with Crippen molar-refractivity contribution in [2.24, 2.45) is 17.4 Å². The highest BCUT2D eigenvalue weighted by molar-refractivity contribution is 5.85. The van der Waals surface area contributed by atoms with E-state index in [4.69, 9.17) is 16.6 Å². The SMILES string of the molecule is CC(C)C(N)C(=O)NCCCCC(N)C(=O)O.Cl. The lowest BCUT2D eigenvalue weighted by molar-refractivity contribution is -0.138. The summed E-state index contributed by atoms with van der Waals surface area (Å²) in [5, 5.41) is 11.3. The van der Waals surface area contributed by atoms with Crippen LogP contribution < -0.4 is 16.8 Å². The van der Waals surface area contributed by atoms with Crippen LogP contribution in [0.3, 0.4) is 0 Å². The lowest BCUT2D eigenvalue weighted by Gasteiger charge is -2.15. The number of hydrogen-bond acceptors (Lipinski definition) is 4. The van der Waals surface area contributed by atoms with Gasteiger partial charge in [-0.3, -0.25) is 9.59 Å². The second-order valence-corrected chi connectivity index (χ2v) is 4.50. The molecule has 0 saturated carbocycles. The molecule has 7 heteroatoms. The molecule has 0 rings (SSSR count). The predicted molar refractivity (Wildman–Crippen MR) is 72.5 cm³/mol. The van der Waals surface area contributed by atoms with Gasteiger partial charge in [-0.2, -0.15) is 0 Å². The number of rotatable bonds is 8. The highest BCUT2D eigenvalue weighted by Gasteiger charge is 2.16. The molecule has 0 heterocycles. The standard InChI is InChI=1S/C11H23N3O3.ClH/c1-7(2)9(13)10(15)14-6-4-3-5-8(12)11(16)17;/h7-9H,3-6,12-13H2,1-2H3,(H,14,15)(H,16,17);1H. The van der Waals surface area contributed by atoms with Gasteiger partial charge in [-0.1, -0.05) is 13.8 Å². The van der Waals surface area contributed by atoms with Crippen molar-refractivity contribution in [1.82, 2.24) is 5.32 Å². The van der Waals surface area contributed by atoms with Gasteiger partial charge in [0, 0.05) is 6.54 Å². The number of hydrogen-bond donors (Lipinski definition) is 4. The highest BCUT2D eigenvalue weighted by atomic mass is 35.5. The quantitative estimate of drug-likeness (QED) is 0.470. The molecule has 0 aliphatic carbocycles. The van der Waals surface area contributed by atoms with Crippen molar-refractivity contribution >= 4 is 24.3 Å². The van der Waals surface area contributed by atoms with Crippen molar-refractivity contribution in [3.63, 3.8) is 0 Å². The fourth-order valence-corrected chi connectivity index (χ4v) is 1.24. The zero-order valence-electron chi connectivity index (χ0n) is 10.9. The van der Waals surface area contributed by atoms with Gasteiger partial charge >= 0.3 is 5.97 Å².